The van der Waals surface area contributed by atoms with Gasteiger partial charge < -0.3 is 15.6 Å². The Hall–Kier alpha value is -0.930. The Morgan fingerprint density at radius 2 is 2.25 bits per heavy atom. The van der Waals surface area contributed by atoms with Crippen LogP contribution in [-0.2, 0) is 6.61 Å². The molecule has 1 rings (SSSR count). The standard InChI is InChI=1S/C8H10ClNO2/c1-12-7-3-6(9)2-5(4-11)8(7)10/h2-3,11H,4,10H2,1H3. The van der Waals surface area contributed by atoms with Crippen molar-refractivity contribution in [3.05, 3.63) is 22.7 Å². The first kappa shape index (κ1) is 9.16. The van der Waals surface area contributed by atoms with Crippen molar-refractivity contribution < 1.29 is 9.84 Å². The Kier molecular flexibility index (Phi) is 2.78. The van der Waals surface area contributed by atoms with E-state index >= 15 is 0 Å². The molecule has 0 heterocycles. The molecule has 1 aromatic carbocycles. The summed E-state index contributed by atoms with van der Waals surface area (Å²) >= 11 is 5.73. The number of hydrogen-bond donors (Lipinski definition) is 2. The Bertz CT molecular complexity index is 263. The minimum atomic E-state index is -0.136. The summed E-state index contributed by atoms with van der Waals surface area (Å²) in [6.45, 7) is -0.136. The smallest absolute Gasteiger partial charge is 0.143 e. The predicted molar refractivity (Wildman–Crippen MR) is 48.3 cm³/mol. The molecule has 0 unspecified atom stereocenters. The fourth-order valence-corrected chi connectivity index (χ4v) is 1.18. The van der Waals surface area contributed by atoms with E-state index in [1.165, 1.54) is 7.11 Å². The van der Waals surface area contributed by atoms with Crippen LogP contribution in [0.5, 0.6) is 5.75 Å². The van der Waals surface area contributed by atoms with Crippen molar-refractivity contribution in [1.82, 2.24) is 0 Å². The van der Waals surface area contributed by atoms with Gasteiger partial charge in [-0.25, -0.2) is 0 Å². The van der Waals surface area contributed by atoms with Gasteiger partial charge in [0, 0.05) is 16.7 Å². The molecule has 4 heteroatoms. The summed E-state index contributed by atoms with van der Waals surface area (Å²) in [5.74, 6) is 0.492. The molecule has 3 N–H and O–H groups in total. The molecule has 0 bridgehead atoms. The number of halogens is 1. The highest BCUT2D eigenvalue weighted by molar-refractivity contribution is 6.30. The van der Waals surface area contributed by atoms with Crippen molar-refractivity contribution in [3.63, 3.8) is 0 Å². The zero-order valence-corrected chi connectivity index (χ0v) is 7.43. The van der Waals surface area contributed by atoms with Crippen LogP contribution in [0, 0.1) is 0 Å². The van der Waals surface area contributed by atoms with Crippen molar-refractivity contribution in [2.45, 2.75) is 6.61 Å². The largest absolute Gasteiger partial charge is 0.495 e. The molecular weight excluding hydrogens is 178 g/mol. The second kappa shape index (κ2) is 3.65. The lowest BCUT2D eigenvalue weighted by Crippen LogP contribution is -1.98. The SMILES string of the molecule is COc1cc(Cl)cc(CO)c1N. The fraction of sp³-hybridized carbons (Fsp3) is 0.250. The first-order valence-electron chi connectivity index (χ1n) is 3.41. The molecule has 0 saturated heterocycles. The van der Waals surface area contributed by atoms with Gasteiger partial charge in [-0.15, -0.1) is 0 Å². The molecule has 0 aliphatic rings. The molecule has 1 aromatic rings. The van der Waals surface area contributed by atoms with Gasteiger partial charge in [-0.05, 0) is 6.07 Å². The van der Waals surface area contributed by atoms with Gasteiger partial charge in [0.05, 0.1) is 19.4 Å². The predicted octanol–water partition coefficient (Wildman–Crippen LogP) is 1.42. The lowest BCUT2D eigenvalue weighted by atomic mass is 10.2. The van der Waals surface area contributed by atoms with Crippen LogP contribution < -0.4 is 10.5 Å². The average Bonchev–Trinajstić information content (AvgIpc) is 2.08. The minimum Gasteiger partial charge on any atom is -0.495 e. The normalized spacial score (nSPS) is 9.92. The number of aliphatic hydroxyl groups excluding tert-OH is 1. The summed E-state index contributed by atoms with van der Waals surface area (Å²) in [6, 6.07) is 3.22. The topological polar surface area (TPSA) is 55.5 Å². The molecular formula is C8H10ClNO2. The average molecular weight is 188 g/mol. The molecule has 3 nitrogen and oxygen atoms in total. The van der Waals surface area contributed by atoms with Crippen LogP contribution in [0.4, 0.5) is 5.69 Å². The maximum absolute atomic E-state index is 8.87. The van der Waals surface area contributed by atoms with E-state index in [0.717, 1.165) is 0 Å². The van der Waals surface area contributed by atoms with Crippen LogP contribution in [-0.4, -0.2) is 12.2 Å². The molecule has 12 heavy (non-hydrogen) atoms. The first-order valence-corrected chi connectivity index (χ1v) is 3.79. The monoisotopic (exact) mass is 187 g/mol. The maximum atomic E-state index is 8.87. The summed E-state index contributed by atoms with van der Waals surface area (Å²) in [4.78, 5) is 0. The third-order valence-corrected chi connectivity index (χ3v) is 1.80. The van der Waals surface area contributed by atoms with E-state index in [2.05, 4.69) is 0 Å². The van der Waals surface area contributed by atoms with E-state index in [0.29, 0.717) is 22.0 Å². The molecule has 0 atom stereocenters. The summed E-state index contributed by atoms with van der Waals surface area (Å²) in [5, 5.41) is 9.37. The van der Waals surface area contributed by atoms with Crippen molar-refractivity contribution in [2.75, 3.05) is 12.8 Å². The zero-order valence-electron chi connectivity index (χ0n) is 6.67. The Balaban J connectivity index is 3.22. The lowest BCUT2D eigenvalue weighted by molar-refractivity contribution is 0.282. The fourth-order valence-electron chi connectivity index (χ4n) is 0.947. The minimum absolute atomic E-state index is 0.136. The highest BCUT2D eigenvalue weighted by atomic mass is 35.5. The van der Waals surface area contributed by atoms with Gasteiger partial charge in [-0.1, -0.05) is 11.6 Å². The van der Waals surface area contributed by atoms with Crippen LogP contribution >= 0.6 is 11.6 Å². The third-order valence-electron chi connectivity index (χ3n) is 1.58. The highest BCUT2D eigenvalue weighted by Gasteiger charge is 2.06. The molecule has 0 aromatic heterocycles. The van der Waals surface area contributed by atoms with E-state index < -0.39 is 0 Å². The van der Waals surface area contributed by atoms with Crippen molar-refractivity contribution in [3.8, 4) is 5.75 Å². The summed E-state index contributed by atoms with van der Waals surface area (Å²) < 4.78 is 4.95. The first-order chi connectivity index (χ1) is 5.69. The Morgan fingerprint density at radius 1 is 1.58 bits per heavy atom. The lowest BCUT2D eigenvalue weighted by Gasteiger charge is -2.08. The molecule has 0 radical (unpaired) electrons. The van der Waals surface area contributed by atoms with Crippen LogP contribution in [0.15, 0.2) is 12.1 Å². The number of ether oxygens (including phenoxy) is 1. The Morgan fingerprint density at radius 3 is 2.75 bits per heavy atom. The van der Waals surface area contributed by atoms with E-state index in [1.54, 1.807) is 12.1 Å². The molecule has 66 valence electrons. The van der Waals surface area contributed by atoms with Gasteiger partial charge in [0.25, 0.3) is 0 Å². The number of anilines is 1. The molecule has 0 aliphatic carbocycles. The van der Waals surface area contributed by atoms with Gasteiger partial charge in [-0.3, -0.25) is 0 Å². The van der Waals surface area contributed by atoms with Crippen LogP contribution in [0.2, 0.25) is 5.02 Å². The van der Waals surface area contributed by atoms with Gasteiger partial charge in [-0.2, -0.15) is 0 Å². The second-order valence-corrected chi connectivity index (χ2v) is 2.78. The van der Waals surface area contributed by atoms with Crippen molar-refractivity contribution in [2.24, 2.45) is 0 Å². The van der Waals surface area contributed by atoms with Gasteiger partial charge in [0.15, 0.2) is 0 Å². The third kappa shape index (κ3) is 1.62. The van der Waals surface area contributed by atoms with Gasteiger partial charge in [0.2, 0.25) is 0 Å². The molecule has 0 amide bonds. The number of methoxy groups -OCH3 is 1. The highest BCUT2D eigenvalue weighted by Crippen LogP contribution is 2.29. The van der Waals surface area contributed by atoms with E-state index in [4.69, 9.17) is 27.2 Å². The van der Waals surface area contributed by atoms with Crippen LogP contribution in [0.3, 0.4) is 0 Å². The van der Waals surface area contributed by atoms with Crippen LogP contribution in [0.25, 0.3) is 0 Å². The van der Waals surface area contributed by atoms with Gasteiger partial charge in [0.1, 0.15) is 5.75 Å². The van der Waals surface area contributed by atoms with Gasteiger partial charge >= 0.3 is 0 Å². The number of aliphatic hydroxyl groups is 1. The van der Waals surface area contributed by atoms with E-state index in [-0.39, 0.29) is 6.61 Å². The van der Waals surface area contributed by atoms with Crippen LogP contribution in [0.1, 0.15) is 5.56 Å². The second-order valence-electron chi connectivity index (χ2n) is 2.34. The number of hydrogen-bond acceptors (Lipinski definition) is 3. The molecule has 0 aliphatic heterocycles. The quantitative estimate of drug-likeness (QED) is 0.689. The summed E-state index contributed by atoms with van der Waals surface area (Å²) in [7, 11) is 1.50. The van der Waals surface area contributed by atoms with Crippen molar-refractivity contribution in [1.29, 1.82) is 0 Å². The maximum Gasteiger partial charge on any atom is 0.143 e. The van der Waals surface area contributed by atoms with E-state index in [1.807, 2.05) is 0 Å². The molecule has 0 spiro atoms. The summed E-state index contributed by atoms with van der Waals surface area (Å²) in [6.07, 6.45) is 0. The number of nitrogens with two attached hydrogens (primary N) is 1. The molecule has 0 saturated carbocycles. The number of benzene rings is 1. The van der Waals surface area contributed by atoms with Crippen molar-refractivity contribution >= 4 is 17.3 Å². The van der Waals surface area contributed by atoms with E-state index in [9.17, 15) is 0 Å². The number of rotatable bonds is 2. The number of nitrogen functional groups attached to an aromatic ring is 1. The summed E-state index contributed by atoms with van der Waals surface area (Å²) in [5.41, 5.74) is 6.65. The zero-order chi connectivity index (χ0) is 9.14. The molecule has 0 fully saturated rings. The Labute approximate surface area is 75.7 Å².